The van der Waals surface area contributed by atoms with E-state index < -0.39 is 26.6 Å². The number of halogens is 3. The Labute approximate surface area is 112 Å². The highest BCUT2D eigenvalue weighted by molar-refractivity contribution is 9.10. The van der Waals surface area contributed by atoms with Crippen molar-refractivity contribution in [1.29, 1.82) is 0 Å². The zero-order valence-electron chi connectivity index (χ0n) is 9.16. The molecule has 0 aromatic heterocycles. The van der Waals surface area contributed by atoms with Crippen molar-refractivity contribution in [3.05, 3.63) is 40.4 Å². The van der Waals surface area contributed by atoms with Gasteiger partial charge in [0, 0.05) is 16.6 Å². The lowest BCUT2D eigenvalue weighted by molar-refractivity contribution is 0.530. The lowest BCUT2D eigenvalue weighted by Crippen LogP contribution is -2.33. The van der Waals surface area contributed by atoms with Gasteiger partial charge in [-0.15, -0.1) is 0 Å². The van der Waals surface area contributed by atoms with Crippen molar-refractivity contribution in [3.8, 4) is 0 Å². The van der Waals surface area contributed by atoms with Gasteiger partial charge in [0.1, 0.15) is 16.5 Å². The highest BCUT2D eigenvalue weighted by atomic mass is 79.9. The van der Waals surface area contributed by atoms with Gasteiger partial charge in [0.15, 0.2) is 0 Å². The molecule has 1 aliphatic carbocycles. The van der Waals surface area contributed by atoms with Gasteiger partial charge in [-0.05, 0) is 34.8 Å². The van der Waals surface area contributed by atoms with Crippen molar-refractivity contribution < 1.29 is 17.2 Å². The van der Waals surface area contributed by atoms with Gasteiger partial charge in [0.05, 0.1) is 0 Å². The second-order valence-electron chi connectivity index (χ2n) is 3.96. The van der Waals surface area contributed by atoms with Gasteiger partial charge in [0.25, 0.3) is 0 Å². The molecule has 0 saturated carbocycles. The van der Waals surface area contributed by atoms with E-state index in [0.29, 0.717) is 18.9 Å². The third kappa shape index (κ3) is 2.78. The summed E-state index contributed by atoms with van der Waals surface area (Å²) in [6, 6.07) is 1.20. The van der Waals surface area contributed by atoms with Crippen LogP contribution in [-0.2, 0) is 10.0 Å². The molecule has 0 spiro atoms. The Kier molecular flexibility index (Phi) is 3.84. The molecule has 0 bridgehead atoms. The van der Waals surface area contributed by atoms with E-state index in [1.54, 1.807) is 0 Å². The molecule has 7 heteroatoms. The van der Waals surface area contributed by atoms with Crippen molar-refractivity contribution in [2.75, 3.05) is 0 Å². The summed E-state index contributed by atoms with van der Waals surface area (Å²) in [6.07, 6.45) is 4.84. The molecular formula is C11H10BrF2NO2S. The molecule has 0 unspecified atom stereocenters. The quantitative estimate of drug-likeness (QED) is 0.862. The summed E-state index contributed by atoms with van der Waals surface area (Å²) in [5.41, 5.74) is 0. The monoisotopic (exact) mass is 337 g/mol. The number of hydrogen-bond acceptors (Lipinski definition) is 2. The molecule has 18 heavy (non-hydrogen) atoms. The van der Waals surface area contributed by atoms with Gasteiger partial charge in [-0.1, -0.05) is 12.2 Å². The molecule has 0 saturated heterocycles. The molecule has 2 rings (SSSR count). The van der Waals surface area contributed by atoms with E-state index in [1.165, 1.54) is 0 Å². The molecule has 0 atom stereocenters. The standard InChI is InChI=1S/C11H10BrF2NO2S/c12-9-5-7(13)6-10(14)11(9)18(16,17)15-8-3-1-2-4-8/h1-2,5-6,8,15H,3-4H2. The fraction of sp³-hybridized carbons (Fsp3) is 0.273. The van der Waals surface area contributed by atoms with Crippen LogP contribution in [0.5, 0.6) is 0 Å². The smallest absolute Gasteiger partial charge is 0.207 e. The number of rotatable bonds is 3. The second-order valence-corrected chi connectivity index (χ2v) is 6.46. The molecule has 0 heterocycles. The topological polar surface area (TPSA) is 46.2 Å². The molecule has 1 aliphatic rings. The van der Waals surface area contributed by atoms with E-state index in [1.807, 2.05) is 12.2 Å². The lowest BCUT2D eigenvalue weighted by Gasteiger charge is -2.14. The molecule has 1 aromatic carbocycles. The first-order valence-electron chi connectivity index (χ1n) is 5.22. The number of benzene rings is 1. The molecule has 0 aliphatic heterocycles. The Morgan fingerprint density at radius 3 is 2.39 bits per heavy atom. The van der Waals surface area contributed by atoms with Crippen LogP contribution in [0.1, 0.15) is 12.8 Å². The minimum atomic E-state index is -4.00. The maximum absolute atomic E-state index is 13.6. The van der Waals surface area contributed by atoms with Crippen LogP contribution in [0, 0.1) is 11.6 Å². The van der Waals surface area contributed by atoms with Gasteiger partial charge in [0.2, 0.25) is 10.0 Å². The first-order chi connectivity index (χ1) is 8.40. The van der Waals surface area contributed by atoms with Crippen molar-refractivity contribution in [2.45, 2.75) is 23.8 Å². The van der Waals surface area contributed by atoms with Crippen molar-refractivity contribution in [1.82, 2.24) is 4.72 Å². The van der Waals surface area contributed by atoms with Crippen LogP contribution < -0.4 is 4.72 Å². The highest BCUT2D eigenvalue weighted by Crippen LogP contribution is 2.27. The third-order valence-electron chi connectivity index (χ3n) is 2.56. The van der Waals surface area contributed by atoms with Crippen LogP contribution in [0.3, 0.4) is 0 Å². The average Bonchev–Trinajstić information content (AvgIpc) is 2.66. The third-order valence-corrected chi connectivity index (χ3v) is 5.05. The lowest BCUT2D eigenvalue weighted by atomic mass is 10.3. The van der Waals surface area contributed by atoms with E-state index in [2.05, 4.69) is 20.7 Å². The molecule has 1 N–H and O–H groups in total. The summed E-state index contributed by atoms with van der Waals surface area (Å²) in [5, 5.41) is 0. The van der Waals surface area contributed by atoms with Crippen LogP contribution in [0.4, 0.5) is 8.78 Å². The molecule has 98 valence electrons. The van der Waals surface area contributed by atoms with Crippen molar-refractivity contribution in [3.63, 3.8) is 0 Å². The number of hydrogen-bond donors (Lipinski definition) is 1. The Bertz CT molecular complexity index is 570. The normalized spacial score (nSPS) is 16.4. The molecule has 3 nitrogen and oxygen atoms in total. The maximum atomic E-state index is 13.6. The van der Waals surface area contributed by atoms with Crippen LogP contribution in [0.15, 0.2) is 33.7 Å². The minimum Gasteiger partial charge on any atom is -0.207 e. The van der Waals surface area contributed by atoms with E-state index in [4.69, 9.17) is 0 Å². The summed E-state index contributed by atoms with van der Waals surface area (Å²) in [5.74, 6) is -1.94. The molecule has 0 radical (unpaired) electrons. The Morgan fingerprint density at radius 1 is 1.22 bits per heavy atom. The molecular weight excluding hydrogens is 328 g/mol. The van der Waals surface area contributed by atoms with Crippen LogP contribution in [0.25, 0.3) is 0 Å². The van der Waals surface area contributed by atoms with Gasteiger partial charge in [-0.2, -0.15) is 0 Å². The minimum absolute atomic E-state index is 0.126. The first kappa shape index (κ1) is 13.6. The molecule has 1 aromatic rings. The zero-order chi connectivity index (χ0) is 13.3. The van der Waals surface area contributed by atoms with E-state index in [0.717, 1.165) is 6.07 Å². The Balaban J connectivity index is 2.35. The molecule has 0 fully saturated rings. The summed E-state index contributed by atoms with van der Waals surface area (Å²) < 4.78 is 52.8. The largest absolute Gasteiger partial charge is 0.244 e. The second kappa shape index (κ2) is 5.07. The van der Waals surface area contributed by atoms with Crippen LogP contribution >= 0.6 is 15.9 Å². The Hall–Kier alpha value is -0.790. The van der Waals surface area contributed by atoms with Gasteiger partial charge >= 0.3 is 0 Å². The zero-order valence-corrected chi connectivity index (χ0v) is 11.6. The van der Waals surface area contributed by atoms with E-state index in [-0.39, 0.29) is 10.5 Å². The highest BCUT2D eigenvalue weighted by Gasteiger charge is 2.26. The van der Waals surface area contributed by atoms with Gasteiger partial charge in [-0.25, -0.2) is 21.9 Å². The summed E-state index contributed by atoms with van der Waals surface area (Å²) in [7, 11) is -4.00. The van der Waals surface area contributed by atoms with Crippen LogP contribution in [0.2, 0.25) is 0 Å². The van der Waals surface area contributed by atoms with Crippen LogP contribution in [-0.4, -0.2) is 14.5 Å². The van der Waals surface area contributed by atoms with E-state index >= 15 is 0 Å². The van der Waals surface area contributed by atoms with Crippen molar-refractivity contribution in [2.24, 2.45) is 0 Å². The van der Waals surface area contributed by atoms with E-state index in [9.17, 15) is 17.2 Å². The van der Waals surface area contributed by atoms with Gasteiger partial charge in [-0.3, -0.25) is 0 Å². The Morgan fingerprint density at radius 2 is 1.83 bits per heavy atom. The fourth-order valence-electron chi connectivity index (χ4n) is 1.78. The number of nitrogens with one attached hydrogen (secondary N) is 1. The predicted molar refractivity (Wildman–Crippen MR) is 66.5 cm³/mol. The fourth-order valence-corrected chi connectivity index (χ4v) is 4.21. The summed E-state index contributed by atoms with van der Waals surface area (Å²) >= 11 is 2.87. The summed E-state index contributed by atoms with van der Waals surface area (Å²) in [6.45, 7) is 0. The maximum Gasteiger partial charge on any atom is 0.244 e. The van der Waals surface area contributed by atoms with Crippen molar-refractivity contribution >= 4 is 26.0 Å². The molecule has 0 amide bonds. The average molecular weight is 338 g/mol. The number of sulfonamides is 1. The predicted octanol–water partition coefficient (Wildman–Crippen LogP) is 2.72. The van der Waals surface area contributed by atoms with Gasteiger partial charge < -0.3 is 0 Å². The summed E-state index contributed by atoms with van der Waals surface area (Å²) in [4.78, 5) is -0.559. The first-order valence-corrected chi connectivity index (χ1v) is 7.49. The SMILES string of the molecule is O=S(=O)(NC1CC=CC1)c1c(F)cc(F)cc1Br.